The molecule has 0 amide bonds. The Hall–Kier alpha value is -3.04. The van der Waals surface area contributed by atoms with Crippen LogP contribution in [0.25, 0.3) is 10.9 Å². The van der Waals surface area contributed by atoms with Gasteiger partial charge in [-0.25, -0.2) is 13.8 Å². The fraction of sp³-hybridized carbons (Fsp3) is 0.462. The lowest BCUT2D eigenvalue weighted by atomic mass is 10.1. The van der Waals surface area contributed by atoms with Gasteiger partial charge in [-0.2, -0.15) is 0 Å². The highest BCUT2D eigenvalue weighted by Gasteiger charge is 2.24. The van der Waals surface area contributed by atoms with Gasteiger partial charge in [0.2, 0.25) is 0 Å². The van der Waals surface area contributed by atoms with Crippen LogP contribution in [0.3, 0.4) is 0 Å². The van der Waals surface area contributed by atoms with E-state index in [1.165, 1.54) is 6.07 Å². The van der Waals surface area contributed by atoms with Gasteiger partial charge in [-0.3, -0.25) is 9.88 Å². The molecule has 0 unspecified atom stereocenters. The number of nitrogens with zero attached hydrogens (tertiary/aromatic N) is 5. The summed E-state index contributed by atoms with van der Waals surface area (Å²) in [6.07, 6.45) is 3.54. The van der Waals surface area contributed by atoms with E-state index in [1.54, 1.807) is 6.20 Å². The summed E-state index contributed by atoms with van der Waals surface area (Å²) in [6, 6.07) is 4.71. The molecule has 0 radical (unpaired) electrons. The van der Waals surface area contributed by atoms with E-state index in [9.17, 15) is 4.39 Å². The molecular weight excluding hydrogens is 450 g/mol. The number of pyridine rings is 2. The van der Waals surface area contributed by atoms with Gasteiger partial charge >= 0.3 is 0 Å². The lowest BCUT2D eigenvalue weighted by Crippen LogP contribution is -2.49. The molecule has 1 aromatic carbocycles. The van der Waals surface area contributed by atoms with Crippen LogP contribution >= 0.6 is 0 Å². The predicted octanol–water partition coefficient (Wildman–Crippen LogP) is 4.33. The molecule has 2 aliphatic heterocycles. The quantitative estimate of drug-likeness (QED) is 0.581. The summed E-state index contributed by atoms with van der Waals surface area (Å²) >= 11 is 0. The molecule has 7 nitrogen and oxygen atoms in total. The summed E-state index contributed by atoms with van der Waals surface area (Å²) in [5.74, 6) is -0.513. The lowest BCUT2D eigenvalue weighted by Gasteiger charge is -2.38. The fourth-order valence-corrected chi connectivity index (χ4v) is 4.94. The van der Waals surface area contributed by atoms with Crippen LogP contribution < -0.4 is 15.1 Å². The molecule has 3 aromatic rings. The van der Waals surface area contributed by atoms with Crippen molar-refractivity contribution in [1.82, 2.24) is 14.9 Å². The predicted molar refractivity (Wildman–Crippen MR) is 136 cm³/mol. The minimum Gasteiger partial charge on any atom is -0.378 e. The van der Waals surface area contributed by atoms with Gasteiger partial charge in [0.1, 0.15) is 17.5 Å². The number of aromatic nitrogens is 2. The molecule has 2 fully saturated rings. The zero-order valence-corrected chi connectivity index (χ0v) is 20.5. The maximum absolute atomic E-state index is 15.1. The summed E-state index contributed by atoms with van der Waals surface area (Å²) in [4.78, 5) is 16.0. The second kappa shape index (κ2) is 9.91. The zero-order chi connectivity index (χ0) is 24.5. The van der Waals surface area contributed by atoms with Gasteiger partial charge in [0.15, 0.2) is 0 Å². The Bertz CT molecular complexity index is 1210. The Kier molecular flexibility index (Phi) is 6.71. The summed E-state index contributed by atoms with van der Waals surface area (Å²) in [6.45, 7) is 12.7. The molecule has 2 aliphatic rings. The highest BCUT2D eigenvalue weighted by atomic mass is 19.1. The standard InChI is InChI=1S/C26H32F2N6O/c1-17(2)32-4-6-34(7-5-32)26-18(3)25(24-22(28)12-19(27)13-23(24)31-26)30-20-14-21(16-29-15-20)33-8-10-35-11-9-33/h12-17H,4-11H2,1-3H3,(H,30,31). The van der Waals surface area contributed by atoms with Gasteiger partial charge in [-0.1, -0.05) is 0 Å². The molecular formula is C26H32F2N6O. The molecule has 9 heteroatoms. The van der Waals surface area contributed by atoms with Gasteiger partial charge in [0.25, 0.3) is 0 Å². The number of ether oxygens (including phenoxy) is 1. The SMILES string of the molecule is Cc1c(N2CCN(C(C)C)CC2)nc2cc(F)cc(F)c2c1Nc1cncc(N2CCOCC2)c1. The molecule has 0 saturated carbocycles. The van der Waals surface area contributed by atoms with Crippen LogP contribution in [0.4, 0.5) is 31.7 Å². The normalized spacial score (nSPS) is 17.4. The van der Waals surface area contributed by atoms with Crippen molar-refractivity contribution in [3.05, 3.63) is 47.8 Å². The molecule has 0 spiro atoms. The van der Waals surface area contributed by atoms with Crippen LogP contribution in [-0.4, -0.2) is 73.4 Å². The topological polar surface area (TPSA) is 56.8 Å². The zero-order valence-electron chi connectivity index (χ0n) is 20.5. The summed E-state index contributed by atoms with van der Waals surface area (Å²) in [5.41, 5.74) is 3.44. The van der Waals surface area contributed by atoms with Crippen LogP contribution in [0.1, 0.15) is 19.4 Å². The molecule has 2 aromatic heterocycles. The van der Waals surface area contributed by atoms with Crippen molar-refractivity contribution in [3.63, 3.8) is 0 Å². The second-order valence-corrected chi connectivity index (χ2v) is 9.49. The number of nitrogens with one attached hydrogen (secondary N) is 1. The van der Waals surface area contributed by atoms with E-state index in [0.29, 0.717) is 30.5 Å². The van der Waals surface area contributed by atoms with E-state index in [0.717, 1.165) is 68.1 Å². The lowest BCUT2D eigenvalue weighted by molar-refractivity contribution is 0.122. The van der Waals surface area contributed by atoms with Crippen LogP contribution in [0.15, 0.2) is 30.6 Å². The van der Waals surface area contributed by atoms with Crippen molar-refractivity contribution >= 4 is 33.8 Å². The van der Waals surface area contributed by atoms with Crippen molar-refractivity contribution in [2.45, 2.75) is 26.8 Å². The molecule has 0 bridgehead atoms. The number of halogens is 2. The minimum absolute atomic E-state index is 0.283. The number of hydrogen-bond acceptors (Lipinski definition) is 7. The maximum atomic E-state index is 15.1. The smallest absolute Gasteiger partial charge is 0.137 e. The third-order valence-corrected chi connectivity index (χ3v) is 6.93. The van der Waals surface area contributed by atoms with E-state index in [2.05, 4.69) is 38.8 Å². The number of anilines is 4. The van der Waals surface area contributed by atoms with E-state index >= 15 is 4.39 Å². The van der Waals surface area contributed by atoms with Crippen molar-refractivity contribution in [2.75, 3.05) is 67.6 Å². The first kappa shape index (κ1) is 23.7. The van der Waals surface area contributed by atoms with Crippen molar-refractivity contribution < 1.29 is 13.5 Å². The Morgan fingerprint density at radius 3 is 2.40 bits per heavy atom. The summed E-state index contributed by atoms with van der Waals surface area (Å²) in [7, 11) is 0. The van der Waals surface area contributed by atoms with Crippen molar-refractivity contribution in [3.8, 4) is 0 Å². The monoisotopic (exact) mass is 482 g/mol. The van der Waals surface area contributed by atoms with Crippen molar-refractivity contribution in [1.29, 1.82) is 0 Å². The van der Waals surface area contributed by atoms with Gasteiger partial charge in [0, 0.05) is 63.0 Å². The Morgan fingerprint density at radius 1 is 0.943 bits per heavy atom. The van der Waals surface area contributed by atoms with Crippen LogP contribution in [0.5, 0.6) is 0 Å². The van der Waals surface area contributed by atoms with Crippen LogP contribution in [-0.2, 0) is 4.74 Å². The summed E-state index contributed by atoms with van der Waals surface area (Å²) in [5, 5.41) is 3.68. The molecule has 0 atom stereocenters. The Balaban J connectivity index is 1.53. The van der Waals surface area contributed by atoms with Gasteiger partial charge in [-0.05, 0) is 26.8 Å². The number of fused-ring (bicyclic) bond motifs is 1. The number of morpholine rings is 1. The first-order valence-corrected chi connectivity index (χ1v) is 12.2. The number of piperazine rings is 1. The minimum atomic E-state index is -0.635. The van der Waals surface area contributed by atoms with Crippen LogP contribution in [0.2, 0.25) is 0 Å². The molecule has 1 N–H and O–H groups in total. The molecule has 5 rings (SSSR count). The third kappa shape index (κ3) is 4.88. The van der Waals surface area contributed by atoms with Crippen LogP contribution in [0, 0.1) is 18.6 Å². The highest BCUT2D eigenvalue weighted by Crippen LogP contribution is 2.37. The molecule has 35 heavy (non-hydrogen) atoms. The number of rotatable bonds is 5. The maximum Gasteiger partial charge on any atom is 0.137 e. The molecule has 4 heterocycles. The third-order valence-electron chi connectivity index (χ3n) is 6.93. The average molecular weight is 483 g/mol. The highest BCUT2D eigenvalue weighted by molar-refractivity contribution is 5.97. The van der Waals surface area contributed by atoms with E-state index in [1.807, 2.05) is 19.2 Å². The first-order chi connectivity index (χ1) is 16.9. The van der Waals surface area contributed by atoms with E-state index < -0.39 is 11.6 Å². The van der Waals surface area contributed by atoms with Gasteiger partial charge in [0.05, 0.1) is 53.6 Å². The largest absolute Gasteiger partial charge is 0.378 e. The van der Waals surface area contributed by atoms with E-state index in [4.69, 9.17) is 9.72 Å². The van der Waals surface area contributed by atoms with Gasteiger partial charge in [-0.15, -0.1) is 0 Å². The van der Waals surface area contributed by atoms with E-state index in [-0.39, 0.29) is 5.39 Å². The Morgan fingerprint density at radius 2 is 1.69 bits per heavy atom. The molecule has 186 valence electrons. The second-order valence-electron chi connectivity index (χ2n) is 9.49. The average Bonchev–Trinajstić information content (AvgIpc) is 2.86. The molecule has 0 aliphatic carbocycles. The fourth-order valence-electron chi connectivity index (χ4n) is 4.94. The number of hydrogen-bond donors (Lipinski definition) is 1. The Labute approximate surface area is 204 Å². The summed E-state index contributed by atoms with van der Waals surface area (Å²) < 4.78 is 34.7. The number of benzene rings is 1. The first-order valence-electron chi connectivity index (χ1n) is 12.2. The van der Waals surface area contributed by atoms with Crippen molar-refractivity contribution in [2.24, 2.45) is 0 Å². The molecule has 2 saturated heterocycles. The van der Waals surface area contributed by atoms with Gasteiger partial charge < -0.3 is 19.9 Å².